The second-order valence-electron chi connectivity index (χ2n) is 4.96. The molecule has 0 amide bonds. The largest absolute Gasteiger partial charge is 0.481 e. The summed E-state index contributed by atoms with van der Waals surface area (Å²) in [5.74, 6) is 0.364. The highest BCUT2D eigenvalue weighted by Gasteiger charge is 2.26. The van der Waals surface area contributed by atoms with Crippen LogP contribution in [0.3, 0.4) is 0 Å². The van der Waals surface area contributed by atoms with Crippen molar-refractivity contribution in [3.8, 4) is 11.5 Å². The number of ether oxygens (including phenoxy) is 1. The van der Waals surface area contributed by atoms with E-state index < -0.39 is 5.97 Å². The average molecular weight is 292 g/mol. The number of nitrogens with zero attached hydrogens (tertiary/aromatic N) is 2. The third-order valence-electron chi connectivity index (χ3n) is 3.45. The summed E-state index contributed by atoms with van der Waals surface area (Å²) in [6.45, 7) is 2.24. The van der Waals surface area contributed by atoms with Crippen LogP contribution in [0.1, 0.15) is 12.1 Å². The molecular formula is C14H16N2O5. The van der Waals surface area contributed by atoms with Crippen molar-refractivity contribution in [1.29, 1.82) is 0 Å². The summed E-state index contributed by atoms with van der Waals surface area (Å²) in [5, 5.41) is 13.0. The lowest BCUT2D eigenvalue weighted by Crippen LogP contribution is -2.45. The molecule has 3 heterocycles. The van der Waals surface area contributed by atoms with Crippen LogP contribution in [0.15, 0.2) is 33.4 Å². The highest BCUT2D eigenvalue weighted by atomic mass is 16.5. The molecule has 2 aromatic heterocycles. The molecule has 1 aliphatic heterocycles. The van der Waals surface area contributed by atoms with Crippen LogP contribution < -0.4 is 0 Å². The lowest BCUT2D eigenvalue weighted by Gasteiger charge is -2.34. The fourth-order valence-electron chi connectivity index (χ4n) is 2.42. The fourth-order valence-corrected chi connectivity index (χ4v) is 2.42. The van der Waals surface area contributed by atoms with Crippen molar-refractivity contribution in [1.82, 2.24) is 10.1 Å². The Hall–Kier alpha value is -2.12. The van der Waals surface area contributed by atoms with Crippen LogP contribution in [0.5, 0.6) is 0 Å². The Balaban J connectivity index is 1.68. The van der Waals surface area contributed by atoms with Crippen molar-refractivity contribution in [3.05, 3.63) is 30.2 Å². The zero-order valence-corrected chi connectivity index (χ0v) is 11.4. The van der Waals surface area contributed by atoms with Gasteiger partial charge in [0.15, 0.2) is 5.76 Å². The van der Waals surface area contributed by atoms with Gasteiger partial charge in [-0.1, -0.05) is 5.16 Å². The maximum Gasteiger partial charge on any atom is 0.305 e. The van der Waals surface area contributed by atoms with Gasteiger partial charge in [-0.05, 0) is 12.1 Å². The third kappa shape index (κ3) is 3.32. The monoisotopic (exact) mass is 292 g/mol. The number of hydrogen-bond donors (Lipinski definition) is 1. The molecule has 3 rings (SSSR count). The lowest BCUT2D eigenvalue weighted by atomic mass is 10.1. The van der Waals surface area contributed by atoms with Gasteiger partial charge in [-0.15, -0.1) is 0 Å². The summed E-state index contributed by atoms with van der Waals surface area (Å²) in [6.07, 6.45) is 1.63. The molecule has 2 aromatic rings. The zero-order chi connectivity index (χ0) is 14.7. The van der Waals surface area contributed by atoms with E-state index in [-0.39, 0.29) is 12.5 Å². The first-order valence-corrected chi connectivity index (χ1v) is 6.75. The van der Waals surface area contributed by atoms with Crippen LogP contribution in [-0.4, -0.2) is 46.9 Å². The van der Waals surface area contributed by atoms with Crippen LogP contribution in [0, 0.1) is 0 Å². The van der Waals surface area contributed by atoms with Gasteiger partial charge in [0.2, 0.25) is 5.76 Å². The SMILES string of the molecule is O=C(O)CC1COCCN1Cc1cc(-c2ccco2)on1. The van der Waals surface area contributed by atoms with Gasteiger partial charge >= 0.3 is 5.97 Å². The van der Waals surface area contributed by atoms with E-state index in [4.69, 9.17) is 18.8 Å². The van der Waals surface area contributed by atoms with Crippen LogP contribution >= 0.6 is 0 Å². The van der Waals surface area contributed by atoms with Crippen LogP contribution in [0.4, 0.5) is 0 Å². The molecule has 112 valence electrons. The molecule has 0 radical (unpaired) electrons. The molecule has 0 spiro atoms. The lowest BCUT2D eigenvalue weighted by molar-refractivity contribution is -0.140. The summed E-state index contributed by atoms with van der Waals surface area (Å²) < 4.78 is 15.9. The minimum absolute atomic E-state index is 0.0584. The van der Waals surface area contributed by atoms with Gasteiger partial charge in [0, 0.05) is 25.2 Å². The summed E-state index contributed by atoms with van der Waals surface area (Å²) in [6, 6.07) is 5.25. The second-order valence-corrected chi connectivity index (χ2v) is 4.96. The maximum atomic E-state index is 10.9. The van der Waals surface area contributed by atoms with Gasteiger partial charge in [0.1, 0.15) is 0 Å². The summed E-state index contributed by atoms with van der Waals surface area (Å²) in [5.41, 5.74) is 0.749. The Morgan fingerprint density at radius 1 is 1.48 bits per heavy atom. The molecule has 0 bridgehead atoms. The van der Waals surface area contributed by atoms with E-state index in [0.717, 1.165) is 5.69 Å². The van der Waals surface area contributed by atoms with Crippen LogP contribution in [-0.2, 0) is 16.1 Å². The van der Waals surface area contributed by atoms with E-state index in [0.29, 0.717) is 37.8 Å². The molecule has 1 saturated heterocycles. The first-order valence-electron chi connectivity index (χ1n) is 6.75. The first kappa shape index (κ1) is 13.8. The number of hydrogen-bond acceptors (Lipinski definition) is 6. The number of morpholine rings is 1. The van der Waals surface area contributed by atoms with E-state index in [2.05, 4.69) is 10.1 Å². The molecule has 0 saturated carbocycles. The second kappa shape index (κ2) is 6.11. The Morgan fingerprint density at radius 2 is 2.38 bits per heavy atom. The molecule has 1 N–H and O–H groups in total. The number of carboxylic acid groups (broad SMARTS) is 1. The van der Waals surface area contributed by atoms with E-state index in [9.17, 15) is 4.79 Å². The quantitative estimate of drug-likeness (QED) is 0.895. The molecule has 0 aromatic carbocycles. The molecule has 7 heteroatoms. The van der Waals surface area contributed by atoms with Crippen LogP contribution in [0.2, 0.25) is 0 Å². The molecule has 7 nitrogen and oxygen atoms in total. The minimum atomic E-state index is -0.827. The summed E-state index contributed by atoms with van der Waals surface area (Å²) in [7, 11) is 0. The van der Waals surface area contributed by atoms with E-state index in [1.54, 1.807) is 18.4 Å². The molecular weight excluding hydrogens is 276 g/mol. The fraction of sp³-hybridized carbons (Fsp3) is 0.429. The maximum absolute atomic E-state index is 10.9. The van der Waals surface area contributed by atoms with Crippen molar-refractivity contribution in [2.75, 3.05) is 19.8 Å². The highest BCUT2D eigenvalue weighted by Crippen LogP contribution is 2.22. The molecule has 0 aliphatic carbocycles. The normalized spacial score (nSPS) is 19.7. The van der Waals surface area contributed by atoms with E-state index >= 15 is 0 Å². The Labute approximate surface area is 121 Å². The predicted molar refractivity (Wildman–Crippen MR) is 71.5 cm³/mol. The van der Waals surface area contributed by atoms with Crippen molar-refractivity contribution >= 4 is 5.97 Å². The van der Waals surface area contributed by atoms with Gasteiger partial charge in [0.05, 0.1) is 31.6 Å². The minimum Gasteiger partial charge on any atom is -0.481 e. The van der Waals surface area contributed by atoms with E-state index in [1.807, 2.05) is 6.07 Å². The Bertz CT molecular complexity index is 592. The average Bonchev–Trinajstić information content (AvgIpc) is 3.11. The van der Waals surface area contributed by atoms with Gasteiger partial charge in [-0.3, -0.25) is 9.69 Å². The van der Waals surface area contributed by atoms with Crippen LogP contribution in [0.25, 0.3) is 11.5 Å². The number of aromatic nitrogens is 1. The van der Waals surface area contributed by atoms with Gasteiger partial charge in [0.25, 0.3) is 0 Å². The third-order valence-corrected chi connectivity index (χ3v) is 3.45. The zero-order valence-electron chi connectivity index (χ0n) is 11.4. The smallest absolute Gasteiger partial charge is 0.305 e. The highest BCUT2D eigenvalue weighted by molar-refractivity contribution is 5.67. The molecule has 21 heavy (non-hydrogen) atoms. The number of furan rings is 1. The molecule has 1 atom stereocenters. The molecule has 1 unspecified atom stereocenters. The first-order chi connectivity index (χ1) is 10.2. The van der Waals surface area contributed by atoms with Crippen molar-refractivity contribution in [2.24, 2.45) is 0 Å². The van der Waals surface area contributed by atoms with Crippen molar-refractivity contribution in [2.45, 2.75) is 19.0 Å². The number of rotatable bonds is 5. The van der Waals surface area contributed by atoms with E-state index in [1.165, 1.54) is 0 Å². The molecule has 1 fully saturated rings. The summed E-state index contributed by atoms with van der Waals surface area (Å²) in [4.78, 5) is 13.0. The van der Waals surface area contributed by atoms with Crippen molar-refractivity contribution in [3.63, 3.8) is 0 Å². The number of carbonyl (C=O) groups is 1. The topological polar surface area (TPSA) is 88.9 Å². The number of aliphatic carboxylic acids is 1. The van der Waals surface area contributed by atoms with Gasteiger partial charge in [-0.25, -0.2) is 0 Å². The van der Waals surface area contributed by atoms with Gasteiger partial charge in [-0.2, -0.15) is 0 Å². The Morgan fingerprint density at radius 3 is 3.14 bits per heavy atom. The number of carboxylic acids is 1. The van der Waals surface area contributed by atoms with Gasteiger partial charge < -0.3 is 18.8 Å². The predicted octanol–water partition coefficient (Wildman–Crippen LogP) is 1.61. The molecule has 1 aliphatic rings. The summed E-state index contributed by atoms with van der Waals surface area (Å²) >= 11 is 0. The Kier molecular flexibility index (Phi) is 4.03. The standard InChI is InChI=1S/C14H16N2O5/c17-14(18)7-11-9-19-5-3-16(11)8-10-6-13(21-15-10)12-2-1-4-20-12/h1-2,4,6,11H,3,5,7-9H2,(H,17,18). The van der Waals surface area contributed by atoms with Crippen molar-refractivity contribution < 1.29 is 23.6 Å².